The number of hydrogen-bond acceptors (Lipinski definition) is 4. The summed E-state index contributed by atoms with van der Waals surface area (Å²) in [4.78, 5) is 14.9. The van der Waals surface area contributed by atoms with Crippen molar-refractivity contribution in [2.45, 2.75) is 13.0 Å². The fourth-order valence-corrected chi connectivity index (χ4v) is 3.01. The van der Waals surface area contributed by atoms with E-state index in [4.69, 9.17) is 5.73 Å². The van der Waals surface area contributed by atoms with E-state index in [0.717, 1.165) is 27.2 Å². The van der Waals surface area contributed by atoms with Gasteiger partial charge in [-0.3, -0.25) is 4.79 Å². The van der Waals surface area contributed by atoms with Gasteiger partial charge in [-0.15, -0.1) is 11.3 Å². The lowest BCUT2D eigenvalue weighted by molar-refractivity contribution is 0.0938. The number of nitrogens with two attached hydrogens (primary N) is 1. The molecule has 0 spiro atoms. The van der Waals surface area contributed by atoms with Gasteiger partial charge in [-0.25, -0.2) is 0 Å². The number of benzene rings is 1. The number of likely N-dealkylation sites (N-methyl/N-ethyl adjacent to an activating group) is 1. The zero-order chi connectivity index (χ0) is 14.0. The van der Waals surface area contributed by atoms with Crippen LogP contribution in [0.4, 0.5) is 5.69 Å². The number of nitrogen functional groups attached to an aromatic ring is 1. The number of nitrogens with one attached hydrogen (secondary N) is 1. The van der Waals surface area contributed by atoms with E-state index in [1.807, 2.05) is 45.3 Å². The van der Waals surface area contributed by atoms with Gasteiger partial charge in [0.05, 0.1) is 4.88 Å². The third-order valence-electron chi connectivity index (χ3n) is 2.78. The summed E-state index contributed by atoms with van der Waals surface area (Å²) < 4.78 is 1.08. The topological polar surface area (TPSA) is 58.4 Å². The molecule has 1 aromatic heterocycles. The van der Waals surface area contributed by atoms with Crippen molar-refractivity contribution in [1.29, 1.82) is 0 Å². The van der Waals surface area contributed by atoms with Crippen LogP contribution in [0.3, 0.4) is 0 Å². The molecule has 2 aromatic rings. The maximum atomic E-state index is 12.1. The molecule has 0 saturated carbocycles. The molecule has 0 fully saturated rings. The van der Waals surface area contributed by atoms with Gasteiger partial charge in [-0.2, -0.15) is 0 Å². The third-order valence-corrected chi connectivity index (χ3v) is 3.90. The van der Waals surface area contributed by atoms with Crippen LogP contribution in [0.5, 0.6) is 0 Å². The van der Waals surface area contributed by atoms with Crippen LogP contribution in [0.1, 0.15) is 16.6 Å². The lowest BCUT2D eigenvalue weighted by atomic mass is 10.2. The first-order valence-electron chi connectivity index (χ1n) is 6.20. The lowest BCUT2D eigenvalue weighted by Crippen LogP contribution is -2.39. The van der Waals surface area contributed by atoms with Crippen LogP contribution >= 0.6 is 11.3 Å². The molecule has 5 heteroatoms. The van der Waals surface area contributed by atoms with Crippen LogP contribution in [0.2, 0.25) is 0 Å². The molecule has 1 aromatic carbocycles. The van der Waals surface area contributed by atoms with E-state index in [0.29, 0.717) is 0 Å². The quantitative estimate of drug-likeness (QED) is 0.842. The molecule has 0 bridgehead atoms. The molecule has 1 heterocycles. The Morgan fingerprint density at radius 1 is 1.42 bits per heavy atom. The summed E-state index contributed by atoms with van der Waals surface area (Å²) in [6.07, 6.45) is 0. The number of fused-ring (bicyclic) bond motifs is 1. The van der Waals surface area contributed by atoms with Crippen molar-refractivity contribution in [2.24, 2.45) is 0 Å². The Balaban J connectivity index is 2.13. The molecule has 1 atom stereocenters. The Labute approximate surface area is 117 Å². The van der Waals surface area contributed by atoms with Crippen LogP contribution in [0.25, 0.3) is 10.1 Å². The average molecular weight is 277 g/mol. The van der Waals surface area contributed by atoms with E-state index >= 15 is 0 Å². The van der Waals surface area contributed by atoms with Crippen molar-refractivity contribution >= 4 is 33.0 Å². The summed E-state index contributed by atoms with van der Waals surface area (Å²) in [5, 5.41) is 4.03. The minimum atomic E-state index is -0.0193. The number of hydrogen-bond donors (Lipinski definition) is 2. The van der Waals surface area contributed by atoms with Gasteiger partial charge in [0.2, 0.25) is 0 Å². The van der Waals surface area contributed by atoms with E-state index in [9.17, 15) is 4.79 Å². The average Bonchev–Trinajstić information content (AvgIpc) is 2.70. The highest BCUT2D eigenvalue weighted by atomic mass is 32.1. The Morgan fingerprint density at radius 3 is 2.84 bits per heavy atom. The minimum Gasteiger partial charge on any atom is -0.399 e. The number of carbonyl (C=O) groups excluding carboxylic acids is 1. The number of anilines is 1. The molecule has 0 aliphatic rings. The molecule has 0 aliphatic heterocycles. The molecule has 1 amide bonds. The molecule has 19 heavy (non-hydrogen) atoms. The highest BCUT2D eigenvalue weighted by molar-refractivity contribution is 7.20. The number of nitrogens with zero attached hydrogens (tertiary/aromatic N) is 1. The van der Waals surface area contributed by atoms with Gasteiger partial charge < -0.3 is 16.0 Å². The van der Waals surface area contributed by atoms with Crippen LogP contribution in [0.15, 0.2) is 24.3 Å². The lowest BCUT2D eigenvalue weighted by Gasteiger charge is -2.17. The second-order valence-electron chi connectivity index (χ2n) is 5.04. The first kappa shape index (κ1) is 13.8. The van der Waals surface area contributed by atoms with Gasteiger partial charge in [-0.05, 0) is 50.7 Å². The number of rotatable bonds is 4. The fraction of sp³-hybridized carbons (Fsp3) is 0.357. The molecule has 0 radical (unpaired) electrons. The van der Waals surface area contributed by atoms with Crippen LogP contribution in [0, 0.1) is 0 Å². The maximum Gasteiger partial charge on any atom is 0.261 e. The molecule has 4 nitrogen and oxygen atoms in total. The van der Waals surface area contributed by atoms with Gasteiger partial charge in [0, 0.05) is 23.0 Å². The number of amides is 1. The number of carbonyl (C=O) groups is 1. The van der Waals surface area contributed by atoms with Crippen LogP contribution in [-0.2, 0) is 0 Å². The zero-order valence-corrected chi connectivity index (χ0v) is 12.3. The van der Waals surface area contributed by atoms with Gasteiger partial charge in [-0.1, -0.05) is 0 Å². The van der Waals surface area contributed by atoms with Crippen molar-refractivity contribution in [3.63, 3.8) is 0 Å². The summed E-state index contributed by atoms with van der Waals surface area (Å²) in [7, 11) is 3.98. The largest absolute Gasteiger partial charge is 0.399 e. The summed E-state index contributed by atoms with van der Waals surface area (Å²) in [6, 6.07) is 7.72. The predicted octanol–water partition coefficient (Wildman–Crippen LogP) is 2.16. The van der Waals surface area contributed by atoms with Gasteiger partial charge in [0.1, 0.15) is 0 Å². The van der Waals surface area contributed by atoms with Crippen molar-refractivity contribution in [2.75, 3.05) is 26.4 Å². The number of thiophene rings is 1. The standard InChI is InChI=1S/C14H19N3OS/c1-9(8-17(2)3)16-14(18)13-7-10-6-11(15)4-5-12(10)19-13/h4-7,9H,8,15H2,1-3H3,(H,16,18). The summed E-state index contributed by atoms with van der Waals surface area (Å²) in [6.45, 7) is 2.83. The van der Waals surface area contributed by atoms with Crippen LogP contribution in [-0.4, -0.2) is 37.5 Å². The van der Waals surface area contributed by atoms with Crippen molar-refractivity contribution < 1.29 is 4.79 Å². The summed E-state index contributed by atoms with van der Waals surface area (Å²) in [5.41, 5.74) is 6.46. The first-order valence-corrected chi connectivity index (χ1v) is 7.02. The molecule has 102 valence electrons. The van der Waals surface area contributed by atoms with Crippen molar-refractivity contribution in [3.8, 4) is 0 Å². The zero-order valence-electron chi connectivity index (χ0n) is 11.4. The molecule has 2 rings (SSSR count). The third kappa shape index (κ3) is 3.45. The molecule has 0 aliphatic carbocycles. The summed E-state index contributed by atoms with van der Waals surface area (Å²) >= 11 is 1.49. The Hall–Kier alpha value is -1.59. The summed E-state index contributed by atoms with van der Waals surface area (Å²) in [5.74, 6) is -0.0193. The van der Waals surface area contributed by atoms with Crippen molar-refractivity contribution in [1.82, 2.24) is 10.2 Å². The van der Waals surface area contributed by atoms with Crippen LogP contribution < -0.4 is 11.1 Å². The molecule has 0 saturated heterocycles. The van der Waals surface area contributed by atoms with E-state index in [1.165, 1.54) is 11.3 Å². The SMILES string of the molecule is CC(CN(C)C)NC(=O)c1cc2cc(N)ccc2s1. The highest BCUT2D eigenvalue weighted by Crippen LogP contribution is 2.27. The smallest absolute Gasteiger partial charge is 0.261 e. The minimum absolute atomic E-state index is 0.0193. The Kier molecular flexibility index (Phi) is 4.07. The first-order chi connectivity index (χ1) is 8.95. The van der Waals surface area contributed by atoms with Crippen molar-refractivity contribution in [3.05, 3.63) is 29.1 Å². The maximum absolute atomic E-state index is 12.1. The van der Waals surface area contributed by atoms with Gasteiger partial charge in [0.15, 0.2) is 0 Å². The highest BCUT2D eigenvalue weighted by Gasteiger charge is 2.13. The Morgan fingerprint density at radius 2 is 2.16 bits per heavy atom. The molecule has 1 unspecified atom stereocenters. The Bertz CT molecular complexity index is 591. The van der Waals surface area contributed by atoms with E-state index in [1.54, 1.807) is 0 Å². The second-order valence-corrected chi connectivity index (χ2v) is 6.13. The van der Waals surface area contributed by atoms with Gasteiger partial charge >= 0.3 is 0 Å². The second kappa shape index (κ2) is 5.59. The van der Waals surface area contributed by atoms with E-state index in [2.05, 4.69) is 10.2 Å². The molecular weight excluding hydrogens is 258 g/mol. The molecule has 3 N–H and O–H groups in total. The predicted molar refractivity (Wildman–Crippen MR) is 81.7 cm³/mol. The van der Waals surface area contributed by atoms with E-state index in [-0.39, 0.29) is 11.9 Å². The normalized spacial score (nSPS) is 12.8. The van der Waals surface area contributed by atoms with Gasteiger partial charge in [0.25, 0.3) is 5.91 Å². The van der Waals surface area contributed by atoms with E-state index < -0.39 is 0 Å². The fourth-order valence-electron chi connectivity index (χ4n) is 2.06. The monoisotopic (exact) mass is 277 g/mol. The molecular formula is C14H19N3OS.